The Morgan fingerprint density at radius 2 is 1.75 bits per heavy atom. The maximum atomic E-state index is 10.1. The van der Waals surface area contributed by atoms with Crippen LogP contribution in [0.2, 0.25) is 0 Å². The van der Waals surface area contributed by atoms with Crippen LogP contribution in [0.3, 0.4) is 0 Å². The second kappa shape index (κ2) is 15.9. The summed E-state index contributed by atoms with van der Waals surface area (Å²) in [5.74, 6) is -1.29. The van der Waals surface area contributed by atoms with Crippen molar-refractivity contribution in [2.75, 3.05) is 6.61 Å². The van der Waals surface area contributed by atoms with Gasteiger partial charge < -0.3 is 9.84 Å². The first-order valence-electron chi connectivity index (χ1n) is 4.26. The lowest BCUT2D eigenvalue weighted by Crippen LogP contribution is -1.97. The third-order valence-electron chi connectivity index (χ3n) is 0.818. The van der Waals surface area contributed by atoms with Gasteiger partial charge in [-0.1, -0.05) is 31.3 Å². The van der Waals surface area contributed by atoms with Gasteiger partial charge in [-0.15, -0.1) is 0 Å². The molecule has 0 aliphatic carbocycles. The third kappa shape index (κ3) is 29.4. The zero-order chi connectivity index (χ0) is 13.6. The van der Waals surface area contributed by atoms with E-state index in [1.54, 1.807) is 6.92 Å². The summed E-state index contributed by atoms with van der Waals surface area (Å²) in [4.78, 5) is 19.7. The zero-order valence-electron chi connectivity index (χ0n) is 9.53. The lowest BCUT2D eigenvalue weighted by molar-refractivity contribution is -0.137. The fourth-order valence-electron chi connectivity index (χ4n) is 0.201. The van der Waals surface area contributed by atoms with Crippen LogP contribution in [0, 0.1) is 0 Å². The monoisotopic (exact) mass is 248 g/mol. The molecule has 0 saturated carbocycles. The van der Waals surface area contributed by atoms with Gasteiger partial charge in [-0.2, -0.15) is 0 Å². The maximum Gasteiger partial charge on any atom is 0.330 e. The van der Waals surface area contributed by atoms with E-state index in [2.05, 4.69) is 24.5 Å². The van der Waals surface area contributed by atoms with Crippen LogP contribution >= 0.6 is 11.6 Å². The maximum absolute atomic E-state index is 10.1. The largest absolute Gasteiger partial charge is 0.478 e. The highest BCUT2D eigenvalue weighted by Gasteiger charge is 1.90. The Balaban J connectivity index is -0.000000172. The fraction of sp³-hybridized carbons (Fsp3) is 0.273. The Kier molecular flexibility index (Phi) is 19.8. The Morgan fingerprint density at radius 3 is 1.81 bits per heavy atom. The van der Waals surface area contributed by atoms with Crippen LogP contribution in [-0.2, 0) is 14.3 Å². The summed E-state index contributed by atoms with van der Waals surface area (Å²) in [6, 6.07) is 0. The van der Waals surface area contributed by atoms with Gasteiger partial charge in [0.15, 0.2) is 0 Å². The number of halogens is 1. The first-order chi connectivity index (χ1) is 7.37. The lowest BCUT2D eigenvalue weighted by atomic mass is 10.4. The van der Waals surface area contributed by atoms with E-state index in [1.807, 2.05) is 0 Å². The SMILES string of the molecule is C=C(C)C(=O)O.C=CC(=O)OCC.C=CCl. The minimum atomic E-state index is -0.935. The number of carbonyl (C=O) groups excluding carboxylic acids is 1. The normalized spacial score (nSPS) is 6.94. The summed E-state index contributed by atoms with van der Waals surface area (Å²) in [5, 5.41) is 7.89. The van der Waals surface area contributed by atoms with Gasteiger partial charge in [-0.3, -0.25) is 0 Å². The summed E-state index contributed by atoms with van der Waals surface area (Å²) < 4.78 is 4.43. The highest BCUT2D eigenvalue weighted by atomic mass is 35.5. The first kappa shape index (κ1) is 19.9. The highest BCUT2D eigenvalue weighted by Crippen LogP contribution is 1.81. The van der Waals surface area contributed by atoms with Crippen LogP contribution in [0.5, 0.6) is 0 Å². The van der Waals surface area contributed by atoms with E-state index >= 15 is 0 Å². The van der Waals surface area contributed by atoms with Crippen molar-refractivity contribution >= 4 is 23.5 Å². The molecule has 0 unspecified atom stereocenters. The molecule has 0 bridgehead atoms. The standard InChI is InChI=1S/C5H8O2.C4H6O2.C2H3Cl/c1-3-5(6)7-4-2;1-3(2)4(5)6;1-2-3/h3H,1,4H2,2H3;1H2,2H3,(H,5,6);2H,1H2. The number of carbonyl (C=O) groups is 2. The summed E-state index contributed by atoms with van der Waals surface area (Å²) in [6.07, 6.45) is 1.14. The molecule has 1 N–H and O–H groups in total. The van der Waals surface area contributed by atoms with E-state index in [9.17, 15) is 9.59 Å². The van der Waals surface area contributed by atoms with E-state index in [4.69, 9.17) is 16.7 Å². The van der Waals surface area contributed by atoms with Gasteiger partial charge in [0.25, 0.3) is 0 Å². The van der Waals surface area contributed by atoms with E-state index in [0.29, 0.717) is 6.61 Å². The van der Waals surface area contributed by atoms with Crippen LogP contribution in [-0.4, -0.2) is 23.7 Å². The molecule has 0 radical (unpaired) electrons. The van der Waals surface area contributed by atoms with Crippen LogP contribution in [0.15, 0.2) is 36.9 Å². The average Bonchev–Trinajstić information content (AvgIpc) is 2.20. The molecule has 0 rings (SSSR count). The molecular formula is C11H17ClO4. The van der Waals surface area contributed by atoms with Crippen molar-refractivity contribution in [1.29, 1.82) is 0 Å². The minimum absolute atomic E-state index is 0.176. The predicted octanol–water partition coefficient (Wildman–Crippen LogP) is 2.75. The van der Waals surface area contributed by atoms with Gasteiger partial charge in [0.05, 0.1) is 6.61 Å². The number of aliphatic carboxylic acids is 1. The van der Waals surface area contributed by atoms with Gasteiger partial charge in [0, 0.05) is 11.6 Å². The van der Waals surface area contributed by atoms with Crippen LogP contribution in [0.25, 0.3) is 0 Å². The lowest BCUT2D eigenvalue weighted by Gasteiger charge is -1.90. The topological polar surface area (TPSA) is 63.6 Å². The predicted molar refractivity (Wildman–Crippen MR) is 65.3 cm³/mol. The van der Waals surface area contributed by atoms with Crippen molar-refractivity contribution in [2.45, 2.75) is 13.8 Å². The first-order valence-corrected chi connectivity index (χ1v) is 4.70. The molecule has 0 fully saturated rings. The number of ether oxygens (including phenoxy) is 1. The van der Waals surface area contributed by atoms with Crippen molar-refractivity contribution in [3.05, 3.63) is 36.9 Å². The Morgan fingerprint density at radius 1 is 1.44 bits per heavy atom. The molecule has 0 atom stereocenters. The van der Waals surface area contributed by atoms with Crippen molar-refractivity contribution < 1.29 is 19.4 Å². The average molecular weight is 249 g/mol. The second-order valence-electron chi connectivity index (χ2n) is 2.20. The summed E-state index contributed by atoms with van der Waals surface area (Å²) >= 11 is 4.76. The molecule has 4 nitrogen and oxygen atoms in total. The van der Waals surface area contributed by atoms with Gasteiger partial charge in [-0.05, 0) is 19.4 Å². The Bertz CT molecular complexity index is 234. The minimum Gasteiger partial charge on any atom is -0.478 e. The van der Waals surface area contributed by atoms with E-state index < -0.39 is 5.97 Å². The molecule has 0 saturated heterocycles. The van der Waals surface area contributed by atoms with Crippen molar-refractivity contribution in [3.63, 3.8) is 0 Å². The number of hydrogen-bond donors (Lipinski definition) is 1. The number of esters is 1. The summed E-state index contributed by atoms with van der Waals surface area (Å²) in [7, 11) is 0. The number of carboxylic acids is 1. The van der Waals surface area contributed by atoms with E-state index in [0.717, 1.165) is 6.08 Å². The van der Waals surface area contributed by atoms with Gasteiger partial charge in [0.2, 0.25) is 0 Å². The number of hydrogen-bond acceptors (Lipinski definition) is 3. The molecule has 92 valence electrons. The summed E-state index contributed by atoms with van der Waals surface area (Å²) in [6.45, 7) is 13.1. The molecule has 0 aliphatic rings. The molecule has 16 heavy (non-hydrogen) atoms. The van der Waals surface area contributed by atoms with E-state index in [-0.39, 0.29) is 11.5 Å². The molecule has 0 heterocycles. The molecule has 0 spiro atoms. The van der Waals surface area contributed by atoms with Crippen molar-refractivity contribution in [1.82, 2.24) is 0 Å². The van der Waals surface area contributed by atoms with Crippen molar-refractivity contribution in [2.24, 2.45) is 0 Å². The molecule has 0 aromatic carbocycles. The Labute approximate surface area is 101 Å². The third-order valence-corrected chi connectivity index (χ3v) is 0.818. The van der Waals surface area contributed by atoms with Crippen molar-refractivity contribution in [3.8, 4) is 0 Å². The van der Waals surface area contributed by atoms with Crippen LogP contribution < -0.4 is 0 Å². The molecule has 0 amide bonds. The smallest absolute Gasteiger partial charge is 0.330 e. The fourth-order valence-corrected chi connectivity index (χ4v) is 0.201. The van der Waals surface area contributed by atoms with Gasteiger partial charge in [0.1, 0.15) is 0 Å². The molecular weight excluding hydrogens is 232 g/mol. The van der Waals surface area contributed by atoms with Crippen LogP contribution in [0.4, 0.5) is 0 Å². The van der Waals surface area contributed by atoms with Gasteiger partial charge >= 0.3 is 11.9 Å². The van der Waals surface area contributed by atoms with Crippen LogP contribution in [0.1, 0.15) is 13.8 Å². The second-order valence-corrected chi connectivity index (χ2v) is 2.50. The van der Waals surface area contributed by atoms with Gasteiger partial charge in [-0.25, -0.2) is 9.59 Å². The molecule has 0 aromatic rings. The molecule has 5 heteroatoms. The Hall–Kier alpha value is -1.55. The number of carboxylic acid groups (broad SMARTS) is 1. The molecule has 0 aliphatic heterocycles. The summed E-state index contributed by atoms with van der Waals surface area (Å²) in [5.41, 5.74) is 1.40. The van der Waals surface area contributed by atoms with E-state index in [1.165, 1.54) is 12.5 Å². The quantitative estimate of drug-likeness (QED) is 0.616. The number of rotatable bonds is 3. The zero-order valence-corrected chi connectivity index (χ0v) is 10.3. The molecule has 0 aromatic heterocycles. The highest BCUT2D eigenvalue weighted by molar-refractivity contribution is 6.25.